The monoisotopic (exact) mass is 397 g/mol. The summed E-state index contributed by atoms with van der Waals surface area (Å²) in [6, 6.07) is 6.87. The van der Waals surface area contributed by atoms with E-state index in [4.69, 9.17) is 13.9 Å². The Bertz CT molecular complexity index is 1020. The molecule has 1 N–H and O–H groups in total. The number of aromatic nitrogens is 2. The van der Waals surface area contributed by atoms with Crippen molar-refractivity contribution in [3.63, 3.8) is 0 Å². The Morgan fingerprint density at radius 2 is 2.28 bits per heavy atom. The topological polar surface area (TPSA) is 95.6 Å². The van der Waals surface area contributed by atoms with Crippen molar-refractivity contribution in [2.45, 2.75) is 32.0 Å². The van der Waals surface area contributed by atoms with Gasteiger partial charge in [0.05, 0.1) is 11.6 Å². The molecule has 8 nitrogen and oxygen atoms in total. The Labute approximate surface area is 167 Å². The second-order valence-corrected chi connectivity index (χ2v) is 7.15. The Morgan fingerprint density at radius 3 is 2.97 bits per heavy atom. The van der Waals surface area contributed by atoms with Gasteiger partial charge in [-0.25, -0.2) is 4.79 Å². The average Bonchev–Trinajstić information content (AvgIpc) is 3.43. The molecule has 2 unspecified atom stereocenters. The molecular formula is C21H23N3O5. The van der Waals surface area contributed by atoms with Crippen LogP contribution in [0.2, 0.25) is 0 Å². The Hall–Kier alpha value is -3.13. The number of aryl methyl sites for hydroxylation is 2. The van der Waals surface area contributed by atoms with Crippen molar-refractivity contribution in [3.05, 3.63) is 53.7 Å². The second kappa shape index (κ2) is 8.08. The normalized spacial score (nSPS) is 17.4. The van der Waals surface area contributed by atoms with Crippen molar-refractivity contribution in [1.82, 2.24) is 14.9 Å². The summed E-state index contributed by atoms with van der Waals surface area (Å²) in [5, 5.41) is 2.83. The quantitative estimate of drug-likeness (QED) is 0.643. The number of carbonyl (C=O) groups is 2. The molecule has 1 fully saturated rings. The third-order valence-electron chi connectivity index (χ3n) is 5.04. The molecule has 1 aliphatic rings. The lowest BCUT2D eigenvalue weighted by Gasteiger charge is -2.19. The molecule has 0 aromatic carbocycles. The summed E-state index contributed by atoms with van der Waals surface area (Å²) in [4.78, 5) is 29.7. The molecule has 4 rings (SSSR count). The van der Waals surface area contributed by atoms with Crippen molar-refractivity contribution in [2.75, 3.05) is 13.2 Å². The van der Waals surface area contributed by atoms with Crippen LogP contribution in [0.4, 0.5) is 0 Å². The minimum absolute atomic E-state index is 0.00720. The maximum atomic E-state index is 12.9. The molecule has 0 saturated carbocycles. The lowest BCUT2D eigenvalue weighted by atomic mass is 10.1. The SMILES string of the molecule is Cc1cc2c(cc(C(=O)OC(C(=O)NCC3CCCO3)c3cccnc3)n2C)o1. The summed E-state index contributed by atoms with van der Waals surface area (Å²) in [6.45, 7) is 2.92. The molecule has 3 aromatic heterocycles. The summed E-state index contributed by atoms with van der Waals surface area (Å²) in [5.74, 6) is -0.263. The van der Waals surface area contributed by atoms with Gasteiger partial charge in [-0.2, -0.15) is 0 Å². The molecule has 2 atom stereocenters. The summed E-state index contributed by atoms with van der Waals surface area (Å²) >= 11 is 0. The number of nitrogens with zero attached hydrogens (tertiary/aromatic N) is 2. The van der Waals surface area contributed by atoms with Gasteiger partial charge in [0.15, 0.2) is 5.58 Å². The summed E-state index contributed by atoms with van der Waals surface area (Å²) in [7, 11) is 1.75. The van der Waals surface area contributed by atoms with Crippen LogP contribution < -0.4 is 5.32 Å². The molecule has 152 valence electrons. The molecule has 29 heavy (non-hydrogen) atoms. The third-order valence-corrected chi connectivity index (χ3v) is 5.04. The number of furan rings is 1. The van der Waals surface area contributed by atoms with Crippen LogP contribution in [0.1, 0.15) is 40.8 Å². The van der Waals surface area contributed by atoms with Gasteiger partial charge in [-0.05, 0) is 25.8 Å². The number of hydrogen-bond acceptors (Lipinski definition) is 6. The highest BCUT2D eigenvalue weighted by molar-refractivity contribution is 5.96. The lowest BCUT2D eigenvalue weighted by Crippen LogP contribution is -2.37. The molecule has 4 heterocycles. The number of esters is 1. The van der Waals surface area contributed by atoms with Gasteiger partial charge in [0, 0.05) is 50.3 Å². The van der Waals surface area contributed by atoms with E-state index in [9.17, 15) is 9.59 Å². The molecule has 0 spiro atoms. The van der Waals surface area contributed by atoms with Gasteiger partial charge >= 0.3 is 5.97 Å². The van der Waals surface area contributed by atoms with Crippen molar-refractivity contribution in [1.29, 1.82) is 0 Å². The highest BCUT2D eigenvalue weighted by atomic mass is 16.5. The number of fused-ring (bicyclic) bond motifs is 1. The van der Waals surface area contributed by atoms with Crippen LogP contribution in [-0.2, 0) is 21.3 Å². The Morgan fingerprint density at radius 1 is 1.41 bits per heavy atom. The van der Waals surface area contributed by atoms with Crippen LogP contribution in [0.5, 0.6) is 0 Å². The first-order valence-corrected chi connectivity index (χ1v) is 9.59. The van der Waals surface area contributed by atoms with Crippen LogP contribution in [0.25, 0.3) is 11.1 Å². The predicted molar refractivity (Wildman–Crippen MR) is 104 cm³/mol. The standard InChI is InChI=1S/C21H23N3O5/c1-13-9-16-18(28-13)10-17(24(16)2)21(26)29-19(14-5-3-7-22-11-14)20(25)23-12-15-6-4-8-27-15/h3,5,7,9-11,15,19H,4,6,8,12H2,1-2H3,(H,23,25). The molecule has 0 aliphatic carbocycles. The minimum atomic E-state index is -1.11. The highest BCUT2D eigenvalue weighted by Crippen LogP contribution is 2.25. The van der Waals surface area contributed by atoms with E-state index in [0.717, 1.165) is 24.1 Å². The molecule has 3 aromatic rings. The minimum Gasteiger partial charge on any atom is -0.460 e. The molecule has 1 saturated heterocycles. The van der Waals surface area contributed by atoms with Crippen molar-refractivity contribution in [3.8, 4) is 0 Å². The number of hydrogen-bond donors (Lipinski definition) is 1. The smallest absolute Gasteiger partial charge is 0.356 e. The number of ether oxygens (including phenoxy) is 2. The van der Waals surface area contributed by atoms with Gasteiger partial charge < -0.3 is 23.8 Å². The van der Waals surface area contributed by atoms with E-state index in [1.165, 1.54) is 6.20 Å². The molecule has 8 heteroatoms. The number of amides is 1. The molecule has 1 amide bonds. The maximum absolute atomic E-state index is 12.9. The van der Waals surface area contributed by atoms with Crippen LogP contribution in [0.3, 0.4) is 0 Å². The van der Waals surface area contributed by atoms with Crippen LogP contribution in [-0.4, -0.2) is 40.7 Å². The van der Waals surface area contributed by atoms with E-state index in [1.807, 2.05) is 13.0 Å². The summed E-state index contributed by atoms with van der Waals surface area (Å²) < 4.78 is 18.4. The predicted octanol–water partition coefficient (Wildman–Crippen LogP) is 2.67. The van der Waals surface area contributed by atoms with Crippen LogP contribution in [0, 0.1) is 6.92 Å². The fourth-order valence-corrected chi connectivity index (χ4v) is 3.51. The van der Waals surface area contributed by atoms with E-state index in [0.29, 0.717) is 30.0 Å². The van der Waals surface area contributed by atoms with Crippen molar-refractivity contribution < 1.29 is 23.5 Å². The first-order valence-electron chi connectivity index (χ1n) is 9.59. The Kier molecular flexibility index (Phi) is 5.35. The number of nitrogens with one attached hydrogen (secondary N) is 1. The van der Waals surface area contributed by atoms with Gasteiger partial charge in [-0.3, -0.25) is 9.78 Å². The first-order chi connectivity index (χ1) is 14.0. The second-order valence-electron chi connectivity index (χ2n) is 7.15. The van der Waals surface area contributed by atoms with Crippen molar-refractivity contribution in [2.24, 2.45) is 7.05 Å². The van der Waals surface area contributed by atoms with E-state index >= 15 is 0 Å². The zero-order valence-electron chi connectivity index (χ0n) is 16.4. The maximum Gasteiger partial charge on any atom is 0.356 e. The van der Waals surface area contributed by atoms with E-state index in [1.54, 1.807) is 36.0 Å². The van der Waals surface area contributed by atoms with Crippen LogP contribution in [0.15, 0.2) is 41.1 Å². The molecule has 1 aliphatic heterocycles. The van der Waals surface area contributed by atoms with Gasteiger partial charge in [0.2, 0.25) is 6.10 Å². The van der Waals surface area contributed by atoms with Gasteiger partial charge in [0.1, 0.15) is 11.5 Å². The number of pyridine rings is 1. The van der Waals surface area contributed by atoms with Crippen LogP contribution >= 0.6 is 0 Å². The fourth-order valence-electron chi connectivity index (χ4n) is 3.51. The zero-order chi connectivity index (χ0) is 20.4. The summed E-state index contributed by atoms with van der Waals surface area (Å²) in [6.07, 6.45) is 3.88. The molecule has 0 radical (unpaired) electrons. The lowest BCUT2D eigenvalue weighted by molar-refractivity contribution is -0.130. The largest absolute Gasteiger partial charge is 0.460 e. The zero-order valence-corrected chi connectivity index (χ0v) is 16.4. The number of carbonyl (C=O) groups excluding carboxylic acids is 2. The van der Waals surface area contributed by atoms with Gasteiger partial charge in [-0.15, -0.1) is 0 Å². The van der Waals surface area contributed by atoms with E-state index in [-0.39, 0.29) is 6.10 Å². The average molecular weight is 397 g/mol. The highest BCUT2D eigenvalue weighted by Gasteiger charge is 2.29. The first kappa shape index (κ1) is 19.2. The van der Waals surface area contributed by atoms with Crippen molar-refractivity contribution >= 4 is 23.0 Å². The van der Waals surface area contributed by atoms with Gasteiger partial charge in [0.25, 0.3) is 5.91 Å². The van der Waals surface area contributed by atoms with Gasteiger partial charge in [-0.1, -0.05) is 6.07 Å². The summed E-state index contributed by atoms with van der Waals surface area (Å²) in [5.41, 5.74) is 2.19. The van der Waals surface area contributed by atoms with E-state index < -0.39 is 18.0 Å². The Balaban J connectivity index is 1.53. The molecule has 0 bridgehead atoms. The van der Waals surface area contributed by atoms with E-state index in [2.05, 4.69) is 10.3 Å². The number of rotatable bonds is 6. The third kappa shape index (κ3) is 4.02. The fraction of sp³-hybridized carbons (Fsp3) is 0.381. The molecular weight excluding hydrogens is 374 g/mol.